The number of ether oxygens (including phenoxy) is 9. The maximum Gasteiger partial charge on any atom is 0.240 e. The first-order valence-electron chi connectivity index (χ1n) is 41.3. The van der Waals surface area contributed by atoms with Gasteiger partial charge in [-0.2, -0.15) is 0 Å². The smallest absolute Gasteiger partial charge is 0.240 e. The van der Waals surface area contributed by atoms with Crippen molar-refractivity contribution in [2.75, 3.05) is 198 Å². The molecule has 0 radical (unpaired) electrons. The van der Waals surface area contributed by atoms with Gasteiger partial charge in [0.25, 0.3) is 0 Å². The lowest BCUT2D eigenvalue weighted by molar-refractivity contribution is -0.127. The van der Waals surface area contributed by atoms with E-state index in [0.717, 1.165) is 50.1 Å². The molecule has 4 amide bonds. The number of carbonyl (C=O) groups excluding carboxylic acids is 4. The first-order valence-corrected chi connectivity index (χ1v) is 48.2. The Morgan fingerprint density at radius 1 is 0.382 bits per heavy atom. The third-order valence-corrected chi connectivity index (χ3v) is 27.6. The van der Waals surface area contributed by atoms with Crippen LogP contribution < -0.4 is 30.7 Å². The van der Waals surface area contributed by atoms with E-state index < -0.39 is 35.4 Å². The standard InChI is InChI=1S/C86H115Cl6N9O19S3/c1-5-82(102)98-86(19-16-83(103)93-22-28-113-34-40-118-39-33-112-27-9-45-121(106,107)67-13-6-10-61(46-67)73-55-99(2)58-76-70(73)49-64(87)52-79(76)90,20-17-84(104)94-23-29-114-35-41-119-43-37-116-31-25-96-122(108,109)68-14-7-11-62(47-68)74-56-100(3)59-77-71(74)50-65(88)53-80(77)91)21-18-85(105)95-24-30-115-36-42-120-44-38-117-32-26-97-123(110,111)69-15-8-12-63(48-69)75-57-101(4)60-78-72(75)51-66(89)54-81(78)92/h6-8,10-15,46-54,73-75,96-97H,5,9,16-45,55-60H2,1-4H3,(H,93,103)(H,94,104)(H,95,105)(H,98,102)/t73-,74-,75-/m0/s1. The van der Waals surface area contributed by atoms with Crippen LogP contribution >= 0.6 is 69.6 Å². The second kappa shape index (κ2) is 51.4. The number of sulfone groups is 1. The number of likely N-dealkylation sites (N-methyl/N-ethyl adjacent to an activating group) is 3. The molecule has 6 N–H and O–H groups in total. The third kappa shape index (κ3) is 33.0. The Bertz CT molecular complexity index is 4350. The van der Waals surface area contributed by atoms with Gasteiger partial charge in [-0.3, -0.25) is 19.2 Å². The van der Waals surface area contributed by atoms with Gasteiger partial charge >= 0.3 is 0 Å². The Balaban J connectivity index is 0.643. The van der Waals surface area contributed by atoms with Gasteiger partial charge in [0.1, 0.15) is 0 Å². The number of nitrogens with one attached hydrogen (secondary N) is 6. The van der Waals surface area contributed by atoms with Crippen LogP contribution in [0, 0.1) is 0 Å². The molecule has 123 heavy (non-hydrogen) atoms. The molecule has 0 aliphatic carbocycles. The van der Waals surface area contributed by atoms with Crippen molar-refractivity contribution in [1.82, 2.24) is 45.4 Å². The number of benzene rings is 6. The van der Waals surface area contributed by atoms with Crippen LogP contribution in [0.4, 0.5) is 0 Å². The van der Waals surface area contributed by atoms with Gasteiger partial charge < -0.3 is 78.6 Å². The lowest BCUT2D eigenvalue weighted by Gasteiger charge is -2.35. The number of sulfonamides is 2. The third-order valence-electron chi connectivity index (χ3n) is 21.2. The minimum atomic E-state index is -3.86. The van der Waals surface area contributed by atoms with Crippen molar-refractivity contribution >= 4 is 123 Å². The molecule has 0 fully saturated rings. The summed E-state index contributed by atoms with van der Waals surface area (Å²) in [5, 5.41) is 14.9. The van der Waals surface area contributed by atoms with Gasteiger partial charge in [0.15, 0.2) is 9.84 Å². The summed E-state index contributed by atoms with van der Waals surface area (Å²) in [6, 6.07) is 31.6. The molecule has 3 heterocycles. The molecule has 37 heteroatoms. The van der Waals surface area contributed by atoms with E-state index in [4.69, 9.17) is 112 Å². The molecule has 0 unspecified atom stereocenters. The van der Waals surface area contributed by atoms with Crippen molar-refractivity contribution in [1.29, 1.82) is 0 Å². The van der Waals surface area contributed by atoms with Crippen molar-refractivity contribution in [3.05, 3.63) is 189 Å². The van der Waals surface area contributed by atoms with E-state index in [2.05, 4.69) is 45.4 Å². The molecular formula is C86H115Cl6N9O19S3. The monoisotopic (exact) mass is 1880 g/mol. The van der Waals surface area contributed by atoms with E-state index in [0.29, 0.717) is 69.4 Å². The molecule has 0 saturated carbocycles. The molecule has 3 aliphatic rings. The van der Waals surface area contributed by atoms with Crippen LogP contribution in [0.25, 0.3) is 0 Å². The SMILES string of the molecule is CCC(=O)NC(CCC(=O)NCCOCCOCCOCCCS(=O)(=O)c1cccc([C@@H]2CN(C)Cc3c(Cl)cc(Cl)cc32)c1)(CCC(=O)NCCOCCOCCOCCNS(=O)(=O)c1cccc([C@@H]2CN(C)Cc3c(Cl)cc(Cl)cc32)c1)CCC(=O)NCCOCCOCCOCCNS(=O)(=O)c1cccc([C@@H]2CN(C)Cc3c(Cl)cc(Cl)cc32)c1. The molecule has 0 aromatic heterocycles. The summed E-state index contributed by atoms with van der Waals surface area (Å²) in [5.74, 6) is -1.81. The van der Waals surface area contributed by atoms with Crippen LogP contribution in [0.5, 0.6) is 0 Å². The van der Waals surface area contributed by atoms with Crippen molar-refractivity contribution in [2.24, 2.45) is 0 Å². The fourth-order valence-corrected chi connectivity index (χ4v) is 20.1. The van der Waals surface area contributed by atoms with Crippen molar-refractivity contribution in [3.63, 3.8) is 0 Å². The number of nitrogens with zero attached hydrogens (tertiary/aromatic N) is 3. The molecule has 0 bridgehead atoms. The number of halogens is 6. The molecule has 28 nitrogen and oxygen atoms in total. The summed E-state index contributed by atoms with van der Waals surface area (Å²) < 4.78 is 137. The molecule has 6 aromatic rings. The van der Waals surface area contributed by atoms with Gasteiger partial charge in [-0.25, -0.2) is 34.7 Å². The second-order valence-corrected chi connectivity index (χ2v) is 38.7. The van der Waals surface area contributed by atoms with Gasteiger partial charge in [-0.1, -0.05) is 113 Å². The minimum Gasteiger partial charge on any atom is -0.379 e. The molecule has 6 aromatic carbocycles. The second-order valence-electron chi connectivity index (χ2n) is 30.5. The predicted octanol–water partition coefficient (Wildman–Crippen LogP) is 10.6. The Morgan fingerprint density at radius 2 is 0.675 bits per heavy atom. The number of amides is 4. The van der Waals surface area contributed by atoms with Crippen LogP contribution in [-0.2, 0) is 111 Å². The topological polar surface area (TPSA) is 336 Å². The van der Waals surface area contributed by atoms with Crippen molar-refractivity contribution in [3.8, 4) is 0 Å². The highest BCUT2D eigenvalue weighted by atomic mass is 35.5. The molecule has 9 rings (SSSR count). The molecule has 678 valence electrons. The summed E-state index contributed by atoms with van der Waals surface area (Å²) >= 11 is 38.9. The minimum absolute atomic E-state index is 0.0374. The Morgan fingerprint density at radius 3 is 1.00 bits per heavy atom. The van der Waals surface area contributed by atoms with Gasteiger partial charge in [-0.05, 0) is 170 Å². The lowest BCUT2D eigenvalue weighted by Crippen LogP contribution is -2.50. The zero-order chi connectivity index (χ0) is 88.4. The molecular weight excluding hydrogens is 1770 g/mol. The quantitative estimate of drug-likeness (QED) is 0.0193. The maximum absolute atomic E-state index is 13.5. The van der Waals surface area contributed by atoms with Gasteiger partial charge in [-0.15, -0.1) is 0 Å². The highest BCUT2D eigenvalue weighted by molar-refractivity contribution is 7.91. The normalized spacial score (nSPS) is 15.9. The van der Waals surface area contributed by atoms with E-state index in [1.165, 1.54) is 0 Å². The van der Waals surface area contributed by atoms with Crippen molar-refractivity contribution in [2.45, 2.75) is 116 Å². The fraction of sp³-hybridized carbons (Fsp3) is 0.535. The van der Waals surface area contributed by atoms with Crippen molar-refractivity contribution < 1.29 is 87.1 Å². The number of hydrogen-bond acceptors (Lipinski definition) is 22. The zero-order valence-electron chi connectivity index (χ0n) is 70.1. The number of fused-ring (bicyclic) bond motifs is 3. The van der Waals surface area contributed by atoms with Gasteiger partial charge in [0.05, 0.1) is 133 Å². The van der Waals surface area contributed by atoms with Crippen LogP contribution in [0.1, 0.15) is 126 Å². The summed E-state index contributed by atoms with van der Waals surface area (Å²) in [6.45, 7) is 9.86. The largest absolute Gasteiger partial charge is 0.379 e. The predicted molar refractivity (Wildman–Crippen MR) is 476 cm³/mol. The van der Waals surface area contributed by atoms with Gasteiger partial charge in [0, 0.05) is 158 Å². The highest BCUT2D eigenvalue weighted by Gasteiger charge is 2.36. The first kappa shape index (κ1) is 101. The molecule has 3 atom stereocenters. The number of carbonyl (C=O) groups is 4. The summed E-state index contributed by atoms with van der Waals surface area (Å²) in [6.07, 6.45) is 0.517. The van der Waals surface area contributed by atoms with Crippen LogP contribution in [0.3, 0.4) is 0 Å². The van der Waals surface area contributed by atoms with Gasteiger partial charge in [0.2, 0.25) is 43.7 Å². The first-order chi connectivity index (χ1) is 59.0. The number of hydrogen-bond donors (Lipinski definition) is 6. The summed E-state index contributed by atoms with van der Waals surface area (Å²) in [5.41, 5.74) is 7.22. The maximum atomic E-state index is 13.5. The summed E-state index contributed by atoms with van der Waals surface area (Å²) in [4.78, 5) is 60.5. The fourth-order valence-electron chi connectivity index (χ4n) is 14.9. The Hall–Kier alpha value is -5.77. The highest BCUT2D eigenvalue weighted by Crippen LogP contribution is 2.43. The van der Waals surface area contributed by atoms with Crippen LogP contribution in [-0.4, -0.2) is 267 Å². The van der Waals surface area contributed by atoms with E-state index in [1.807, 2.05) is 57.5 Å². The van der Waals surface area contributed by atoms with E-state index in [-0.39, 0.29) is 265 Å². The Labute approximate surface area is 753 Å². The summed E-state index contributed by atoms with van der Waals surface area (Å²) in [7, 11) is -5.35. The lowest BCUT2D eigenvalue weighted by atomic mass is 9.83. The van der Waals surface area contributed by atoms with Crippen LogP contribution in [0.2, 0.25) is 30.1 Å². The van der Waals surface area contributed by atoms with E-state index >= 15 is 0 Å². The Kier molecular flexibility index (Phi) is 42.2. The average molecular weight is 1890 g/mol. The van der Waals surface area contributed by atoms with Crippen LogP contribution in [0.15, 0.2) is 124 Å². The zero-order valence-corrected chi connectivity index (χ0v) is 77.1. The number of rotatable bonds is 56. The van der Waals surface area contributed by atoms with E-state index in [9.17, 15) is 44.4 Å². The average Bonchev–Trinajstić information content (AvgIpc) is 0.780. The molecule has 0 spiro atoms. The molecule has 3 aliphatic heterocycles. The van der Waals surface area contributed by atoms with E-state index in [1.54, 1.807) is 79.7 Å². The molecule has 0 saturated heterocycles.